The summed E-state index contributed by atoms with van der Waals surface area (Å²) < 4.78 is 34.3. The van der Waals surface area contributed by atoms with Crippen molar-refractivity contribution >= 4 is 5.91 Å². The average Bonchev–Trinajstić information content (AvgIpc) is 3.26. The molecule has 3 aliphatic rings. The molecular weight excluding hydrogens is 1070 g/mol. The molecule has 0 aromatic heterocycles. The van der Waals surface area contributed by atoms with Crippen LogP contribution in [-0.4, -0.2) is 193 Å². The van der Waals surface area contributed by atoms with E-state index in [1.165, 1.54) is 173 Å². The molecule has 3 saturated heterocycles. The van der Waals surface area contributed by atoms with Crippen molar-refractivity contribution in [2.45, 2.75) is 349 Å². The number of aliphatic hydroxyl groups is 11. The second-order valence-corrected chi connectivity index (χ2v) is 23.9. The van der Waals surface area contributed by atoms with E-state index in [0.717, 1.165) is 38.5 Å². The molecule has 19 heteroatoms. The standard InChI is InChI=1S/C64H119NO18/c1-3-5-7-9-11-13-15-17-18-19-20-21-22-23-24-25-26-27-28-29-30-31-33-35-37-39-41-48(69)47(65-52(70)42-40-38-36-34-32-16-14-12-10-8-6-4-2)46-78-62-58(76)55(73)60(50(44-67)80-62)83-64-59(77)56(74)61(51(45-68)81-64)82-63-57(75)54(72)53(71)49(43-66)79-63/h31,33,39,41,47-51,53-64,66-69,71-77H,3-30,32,34-38,40,42-46H2,1-2H3,(H,65,70)/b33-31+,41-39+. The van der Waals surface area contributed by atoms with Gasteiger partial charge < -0.3 is 89.9 Å². The Hall–Kier alpha value is -1.73. The third-order valence-corrected chi connectivity index (χ3v) is 16.8. The highest BCUT2D eigenvalue weighted by molar-refractivity contribution is 5.76. The summed E-state index contributed by atoms with van der Waals surface area (Å²) in [7, 11) is 0. The fourth-order valence-electron chi connectivity index (χ4n) is 11.3. The molecule has 0 saturated carbocycles. The maximum absolute atomic E-state index is 13.3. The van der Waals surface area contributed by atoms with Crippen LogP contribution in [0, 0.1) is 0 Å². The lowest BCUT2D eigenvalue weighted by atomic mass is 9.96. The van der Waals surface area contributed by atoms with Gasteiger partial charge in [0, 0.05) is 6.42 Å². The van der Waals surface area contributed by atoms with Gasteiger partial charge in [0.1, 0.15) is 73.2 Å². The first-order chi connectivity index (χ1) is 40.3. The molecule has 0 aromatic carbocycles. The highest BCUT2D eigenvalue weighted by Gasteiger charge is 2.53. The highest BCUT2D eigenvalue weighted by atomic mass is 16.8. The highest BCUT2D eigenvalue weighted by Crippen LogP contribution is 2.33. The Morgan fingerprint density at radius 2 is 0.771 bits per heavy atom. The zero-order valence-corrected chi connectivity index (χ0v) is 51.2. The maximum Gasteiger partial charge on any atom is 0.220 e. The van der Waals surface area contributed by atoms with Gasteiger partial charge in [-0.05, 0) is 32.1 Å². The van der Waals surface area contributed by atoms with Crippen molar-refractivity contribution < 1.29 is 89.4 Å². The van der Waals surface area contributed by atoms with Gasteiger partial charge in [0.15, 0.2) is 18.9 Å². The lowest BCUT2D eigenvalue weighted by Gasteiger charge is -2.48. The van der Waals surface area contributed by atoms with E-state index < -0.39 is 124 Å². The molecule has 3 aliphatic heterocycles. The van der Waals surface area contributed by atoms with Gasteiger partial charge >= 0.3 is 0 Å². The van der Waals surface area contributed by atoms with Crippen molar-refractivity contribution in [2.75, 3.05) is 26.4 Å². The Bertz CT molecular complexity index is 1610. The van der Waals surface area contributed by atoms with Crippen LogP contribution >= 0.6 is 0 Å². The normalized spacial score (nSPS) is 29.5. The number of carbonyl (C=O) groups excluding carboxylic acids is 1. The van der Waals surface area contributed by atoms with Crippen molar-refractivity contribution in [1.29, 1.82) is 0 Å². The zero-order valence-electron chi connectivity index (χ0n) is 51.2. The van der Waals surface area contributed by atoms with Gasteiger partial charge in [-0.2, -0.15) is 0 Å². The van der Waals surface area contributed by atoms with Crippen LogP contribution in [0.25, 0.3) is 0 Å². The molecule has 17 atom stereocenters. The van der Waals surface area contributed by atoms with Crippen LogP contribution in [0.1, 0.15) is 245 Å². The third kappa shape index (κ3) is 30.4. The number of rotatable bonds is 50. The predicted octanol–water partition coefficient (Wildman–Crippen LogP) is 7.49. The first kappa shape index (κ1) is 75.5. The van der Waals surface area contributed by atoms with Crippen LogP contribution in [0.15, 0.2) is 24.3 Å². The smallest absolute Gasteiger partial charge is 0.220 e. The van der Waals surface area contributed by atoms with Gasteiger partial charge in [0.2, 0.25) is 5.91 Å². The van der Waals surface area contributed by atoms with Crippen molar-refractivity contribution in [3.63, 3.8) is 0 Å². The summed E-state index contributed by atoms with van der Waals surface area (Å²) in [4.78, 5) is 13.3. The Labute approximate surface area is 498 Å². The number of allylic oxidation sites excluding steroid dienone is 3. The lowest BCUT2D eigenvalue weighted by Crippen LogP contribution is -2.66. The average molecular weight is 1190 g/mol. The Morgan fingerprint density at radius 1 is 0.422 bits per heavy atom. The van der Waals surface area contributed by atoms with E-state index in [1.54, 1.807) is 6.08 Å². The molecule has 3 rings (SSSR count). The molecule has 0 spiro atoms. The molecule has 0 aliphatic carbocycles. The first-order valence-corrected chi connectivity index (χ1v) is 33.1. The van der Waals surface area contributed by atoms with Gasteiger partial charge in [0.25, 0.3) is 0 Å². The van der Waals surface area contributed by atoms with E-state index in [9.17, 15) is 61.0 Å². The fourth-order valence-corrected chi connectivity index (χ4v) is 11.3. The molecule has 17 unspecified atom stereocenters. The number of nitrogens with one attached hydrogen (secondary N) is 1. The van der Waals surface area contributed by atoms with E-state index in [2.05, 4.69) is 31.3 Å². The van der Waals surface area contributed by atoms with Crippen molar-refractivity contribution in [2.24, 2.45) is 0 Å². The van der Waals surface area contributed by atoms with Crippen molar-refractivity contribution in [1.82, 2.24) is 5.32 Å². The number of hydrogen-bond donors (Lipinski definition) is 12. The molecule has 12 N–H and O–H groups in total. The van der Waals surface area contributed by atoms with Crippen LogP contribution in [0.4, 0.5) is 0 Å². The van der Waals surface area contributed by atoms with Gasteiger partial charge in [-0.15, -0.1) is 0 Å². The third-order valence-electron chi connectivity index (χ3n) is 16.8. The molecule has 3 fully saturated rings. The van der Waals surface area contributed by atoms with Gasteiger partial charge in [0.05, 0.1) is 38.6 Å². The Balaban J connectivity index is 1.44. The van der Waals surface area contributed by atoms with E-state index in [4.69, 9.17) is 28.4 Å². The van der Waals surface area contributed by atoms with Crippen LogP contribution in [-0.2, 0) is 33.2 Å². The van der Waals surface area contributed by atoms with Crippen molar-refractivity contribution in [3.05, 3.63) is 24.3 Å². The Kier molecular flexibility index (Phi) is 43.0. The Morgan fingerprint density at radius 3 is 1.20 bits per heavy atom. The van der Waals surface area contributed by atoms with Crippen LogP contribution < -0.4 is 5.32 Å². The van der Waals surface area contributed by atoms with Gasteiger partial charge in [-0.25, -0.2) is 0 Å². The van der Waals surface area contributed by atoms with E-state index in [-0.39, 0.29) is 18.9 Å². The second-order valence-electron chi connectivity index (χ2n) is 23.9. The quantitative estimate of drug-likeness (QED) is 0.0207. The molecule has 488 valence electrons. The van der Waals surface area contributed by atoms with E-state index in [1.807, 2.05) is 6.08 Å². The van der Waals surface area contributed by atoms with Crippen LogP contribution in [0.3, 0.4) is 0 Å². The second kappa shape index (κ2) is 47.3. The maximum atomic E-state index is 13.3. The number of ether oxygens (including phenoxy) is 6. The number of carbonyl (C=O) groups is 1. The lowest BCUT2D eigenvalue weighted by molar-refractivity contribution is -0.379. The summed E-state index contributed by atoms with van der Waals surface area (Å²) in [6.07, 6.45) is 24.6. The van der Waals surface area contributed by atoms with E-state index >= 15 is 0 Å². The van der Waals surface area contributed by atoms with Gasteiger partial charge in [-0.3, -0.25) is 4.79 Å². The number of aliphatic hydroxyl groups excluding tert-OH is 11. The predicted molar refractivity (Wildman–Crippen MR) is 319 cm³/mol. The summed E-state index contributed by atoms with van der Waals surface area (Å²) in [5, 5.41) is 120. The topological polar surface area (TPSA) is 307 Å². The minimum atomic E-state index is -1.98. The first-order valence-electron chi connectivity index (χ1n) is 33.1. The van der Waals surface area contributed by atoms with Crippen molar-refractivity contribution in [3.8, 4) is 0 Å². The molecule has 1 amide bonds. The monoisotopic (exact) mass is 1190 g/mol. The summed E-state index contributed by atoms with van der Waals surface area (Å²) in [5.74, 6) is -0.284. The summed E-state index contributed by atoms with van der Waals surface area (Å²) >= 11 is 0. The van der Waals surface area contributed by atoms with Crippen LogP contribution in [0.2, 0.25) is 0 Å². The number of unbranched alkanes of at least 4 members (excludes halogenated alkanes) is 32. The van der Waals surface area contributed by atoms with Crippen LogP contribution in [0.5, 0.6) is 0 Å². The fraction of sp³-hybridized carbons (Fsp3) is 0.922. The number of hydrogen-bond acceptors (Lipinski definition) is 18. The zero-order chi connectivity index (χ0) is 60.5. The minimum absolute atomic E-state index is 0.239. The minimum Gasteiger partial charge on any atom is -0.394 e. The largest absolute Gasteiger partial charge is 0.394 e. The molecule has 0 aromatic rings. The molecule has 3 heterocycles. The van der Waals surface area contributed by atoms with E-state index in [0.29, 0.717) is 12.8 Å². The molecule has 83 heavy (non-hydrogen) atoms. The van der Waals surface area contributed by atoms with Gasteiger partial charge in [-0.1, -0.05) is 231 Å². The molecule has 0 radical (unpaired) electrons. The number of amides is 1. The SMILES string of the molecule is CCCCCCCCCCCCCCCCCCCCCC/C=C/CC/C=C/C(O)C(COC1OC(CO)C(OC2OC(CO)C(OC3OC(CO)C(O)C(O)C3O)C(O)C2O)C(O)C1O)NC(=O)CCCCCCCCCCCCCC. The molecule has 19 nitrogen and oxygen atoms in total. The summed E-state index contributed by atoms with van der Waals surface area (Å²) in [5.41, 5.74) is 0. The molecule has 0 bridgehead atoms. The molecular formula is C64H119NO18. The summed E-state index contributed by atoms with van der Waals surface area (Å²) in [6, 6.07) is -0.985. The summed E-state index contributed by atoms with van der Waals surface area (Å²) in [6.45, 7) is 1.72.